The number of hydrogen-bond acceptors (Lipinski definition) is 4. The third-order valence-electron chi connectivity index (χ3n) is 5.27. The Hall–Kier alpha value is -0.970. The van der Waals surface area contributed by atoms with E-state index in [4.69, 9.17) is 5.73 Å². The Morgan fingerprint density at radius 1 is 1.28 bits per heavy atom. The molecule has 98 valence electrons. The van der Waals surface area contributed by atoms with Gasteiger partial charge in [0, 0.05) is 12.0 Å². The monoisotopic (exact) mass is 247 g/mol. The molecule has 1 aromatic heterocycles. The first-order chi connectivity index (χ1) is 8.61. The van der Waals surface area contributed by atoms with Crippen LogP contribution in [0.4, 0.5) is 0 Å². The highest BCUT2D eigenvalue weighted by molar-refractivity contribution is 5.12. The summed E-state index contributed by atoms with van der Waals surface area (Å²) in [6, 6.07) is 0. The van der Waals surface area contributed by atoms with Crippen molar-refractivity contribution in [1.82, 2.24) is 20.2 Å². The maximum absolute atomic E-state index is 6.59. The van der Waals surface area contributed by atoms with E-state index in [2.05, 4.69) is 22.3 Å². The SMILES string of the molecule is CCc1nnn(C23CC4CC(CC(N)(C4)C2)C3)n1. The van der Waals surface area contributed by atoms with Crippen LogP contribution in [0, 0.1) is 11.8 Å². The van der Waals surface area contributed by atoms with Gasteiger partial charge in [-0.2, -0.15) is 4.80 Å². The van der Waals surface area contributed by atoms with Gasteiger partial charge in [-0.05, 0) is 55.6 Å². The van der Waals surface area contributed by atoms with Crippen LogP contribution in [-0.2, 0) is 12.0 Å². The minimum Gasteiger partial charge on any atom is -0.325 e. The van der Waals surface area contributed by atoms with Crippen LogP contribution in [0.5, 0.6) is 0 Å². The second-order valence-corrected chi connectivity index (χ2v) is 6.90. The zero-order valence-corrected chi connectivity index (χ0v) is 11.0. The second-order valence-electron chi connectivity index (χ2n) is 6.90. The van der Waals surface area contributed by atoms with E-state index in [-0.39, 0.29) is 11.1 Å². The highest BCUT2D eigenvalue weighted by Gasteiger charge is 2.58. The van der Waals surface area contributed by atoms with Crippen molar-refractivity contribution in [2.45, 2.75) is 62.9 Å². The predicted octanol–water partition coefficient (Wildman–Crippen LogP) is 1.24. The summed E-state index contributed by atoms with van der Waals surface area (Å²) in [5.41, 5.74) is 6.72. The third-order valence-corrected chi connectivity index (χ3v) is 5.27. The molecule has 5 nitrogen and oxygen atoms in total. The Morgan fingerprint density at radius 2 is 2.00 bits per heavy atom. The fourth-order valence-corrected chi connectivity index (χ4v) is 5.10. The van der Waals surface area contributed by atoms with Crippen LogP contribution in [-0.4, -0.2) is 25.7 Å². The highest BCUT2D eigenvalue weighted by Crippen LogP contribution is 2.59. The van der Waals surface area contributed by atoms with Crippen LogP contribution in [0.2, 0.25) is 0 Å². The number of nitrogens with two attached hydrogens (primary N) is 1. The molecule has 2 N–H and O–H groups in total. The van der Waals surface area contributed by atoms with E-state index < -0.39 is 0 Å². The van der Waals surface area contributed by atoms with Gasteiger partial charge in [-0.1, -0.05) is 6.92 Å². The molecule has 5 heteroatoms. The molecular weight excluding hydrogens is 226 g/mol. The molecule has 1 heterocycles. The van der Waals surface area contributed by atoms with E-state index in [9.17, 15) is 0 Å². The summed E-state index contributed by atoms with van der Waals surface area (Å²) in [6.45, 7) is 2.07. The summed E-state index contributed by atoms with van der Waals surface area (Å²) in [4.78, 5) is 1.92. The largest absolute Gasteiger partial charge is 0.325 e. The van der Waals surface area contributed by atoms with Crippen LogP contribution in [0.3, 0.4) is 0 Å². The van der Waals surface area contributed by atoms with E-state index in [1.807, 2.05) is 4.80 Å². The Labute approximate surface area is 107 Å². The minimum atomic E-state index is 0.0457. The van der Waals surface area contributed by atoms with E-state index in [0.29, 0.717) is 0 Å². The van der Waals surface area contributed by atoms with E-state index in [0.717, 1.165) is 30.5 Å². The lowest BCUT2D eigenvalue weighted by atomic mass is 9.50. The van der Waals surface area contributed by atoms with Gasteiger partial charge in [-0.3, -0.25) is 0 Å². The summed E-state index contributed by atoms with van der Waals surface area (Å²) in [7, 11) is 0. The van der Waals surface area contributed by atoms with Crippen LogP contribution in [0.1, 0.15) is 51.3 Å². The molecule has 2 unspecified atom stereocenters. The lowest BCUT2D eigenvalue weighted by molar-refractivity contribution is -0.0709. The zero-order valence-electron chi connectivity index (χ0n) is 11.0. The van der Waals surface area contributed by atoms with Crippen molar-refractivity contribution in [3.05, 3.63) is 5.82 Å². The van der Waals surface area contributed by atoms with Gasteiger partial charge in [-0.15, -0.1) is 10.2 Å². The highest BCUT2D eigenvalue weighted by atomic mass is 15.6. The Bertz CT molecular complexity index is 465. The van der Waals surface area contributed by atoms with Crippen LogP contribution in [0.15, 0.2) is 0 Å². The number of aryl methyl sites for hydroxylation is 1. The molecule has 5 rings (SSSR count). The molecule has 4 aliphatic rings. The molecule has 4 aliphatic carbocycles. The second kappa shape index (κ2) is 3.32. The van der Waals surface area contributed by atoms with Crippen molar-refractivity contribution in [2.24, 2.45) is 17.6 Å². The quantitative estimate of drug-likeness (QED) is 0.853. The van der Waals surface area contributed by atoms with Crippen molar-refractivity contribution >= 4 is 0 Å². The molecule has 1 aromatic rings. The molecule has 0 spiro atoms. The molecule has 0 aliphatic heterocycles. The number of hydrogen-bond donors (Lipinski definition) is 1. The first-order valence-electron chi connectivity index (χ1n) is 7.19. The van der Waals surface area contributed by atoms with Gasteiger partial charge >= 0.3 is 0 Å². The summed E-state index contributed by atoms with van der Waals surface area (Å²) >= 11 is 0. The summed E-state index contributed by atoms with van der Waals surface area (Å²) in [6.07, 6.45) is 8.12. The van der Waals surface area contributed by atoms with Gasteiger partial charge in [0.1, 0.15) is 0 Å². The van der Waals surface area contributed by atoms with Gasteiger partial charge in [0.25, 0.3) is 0 Å². The van der Waals surface area contributed by atoms with Crippen molar-refractivity contribution in [3.63, 3.8) is 0 Å². The predicted molar refractivity (Wildman–Crippen MR) is 66.8 cm³/mol. The van der Waals surface area contributed by atoms with Gasteiger partial charge in [-0.25, -0.2) is 0 Å². The van der Waals surface area contributed by atoms with Crippen molar-refractivity contribution in [1.29, 1.82) is 0 Å². The molecule has 0 aromatic carbocycles. The van der Waals surface area contributed by atoms with Crippen LogP contribution >= 0.6 is 0 Å². The van der Waals surface area contributed by atoms with Crippen molar-refractivity contribution in [3.8, 4) is 0 Å². The fraction of sp³-hybridized carbons (Fsp3) is 0.923. The molecule has 18 heavy (non-hydrogen) atoms. The maximum Gasteiger partial charge on any atom is 0.174 e. The van der Waals surface area contributed by atoms with Gasteiger partial charge in [0.2, 0.25) is 0 Å². The average molecular weight is 247 g/mol. The van der Waals surface area contributed by atoms with Crippen molar-refractivity contribution in [2.75, 3.05) is 0 Å². The first-order valence-corrected chi connectivity index (χ1v) is 7.19. The van der Waals surface area contributed by atoms with Crippen LogP contribution < -0.4 is 5.73 Å². The van der Waals surface area contributed by atoms with E-state index in [1.165, 1.54) is 32.1 Å². The van der Waals surface area contributed by atoms with Crippen LogP contribution in [0.25, 0.3) is 0 Å². The summed E-state index contributed by atoms with van der Waals surface area (Å²) in [5.74, 6) is 2.43. The lowest BCUT2D eigenvalue weighted by Crippen LogP contribution is -2.63. The molecule has 0 radical (unpaired) electrons. The first kappa shape index (κ1) is 10.9. The van der Waals surface area contributed by atoms with Crippen molar-refractivity contribution < 1.29 is 0 Å². The smallest absolute Gasteiger partial charge is 0.174 e. The standard InChI is InChI=1S/C13H21N5/c1-2-11-15-17-18(16-11)13-6-9-3-10(7-13)5-12(14,4-9)8-13/h9-10H,2-8,14H2,1H3. The fourth-order valence-electron chi connectivity index (χ4n) is 5.10. The molecule has 2 atom stereocenters. The number of rotatable bonds is 2. The van der Waals surface area contributed by atoms with Gasteiger partial charge < -0.3 is 5.73 Å². The number of tetrazole rings is 1. The average Bonchev–Trinajstić information content (AvgIpc) is 2.74. The summed E-state index contributed by atoms with van der Waals surface area (Å²) < 4.78 is 0. The molecule has 4 saturated carbocycles. The molecule has 4 bridgehead atoms. The maximum atomic E-state index is 6.59. The molecule has 4 fully saturated rings. The normalized spacial score (nSPS) is 45.7. The number of nitrogens with zero attached hydrogens (tertiary/aromatic N) is 4. The molecular formula is C13H21N5. The third kappa shape index (κ3) is 1.40. The van der Waals surface area contributed by atoms with E-state index in [1.54, 1.807) is 0 Å². The lowest BCUT2D eigenvalue weighted by Gasteiger charge is -2.59. The van der Waals surface area contributed by atoms with E-state index >= 15 is 0 Å². The number of aromatic nitrogens is 4. The Kier molecular flexibility index (Phi) is 2.01. The van der Waals surface area contributed by atoms with Gasteiger partial charge in [0.05, 0.1) is 5.54 Å². The Balaban J connectivity index is 1.74. The Morgan fingerprint density at radius 3 is 2.56 bits per heavy atom. The zero-order chi connectivity index (χ0) is 12.4. The molecule has 0 amide bonds. The molecule has 0 saturated heterocycles. The minimum absolute atomic E-state index is 0.0457. The topological polar surface area (TPSA) is 69.6 Å². The van der Waals surface area contributed by atoms with Gasteiger partial charge in [0.15, 0.2) is 5.82 Å². The summed E-state index contributed by atoms with van der Waals surface area (Å²) in [5, 5.41) is 13.1.